The summed E-state index contributed by atoms with van der Waals surface area (Å²) >= 11 is 0. The van der Waals surface area contributed by atoms with Crippen LogP contribution in [-0.4, -0.2) is 35.0 Å². The lowest BCUT2D eigenvalue weighted by atomic mass is 9.77. The van der Waals surface area contributed by atoms with Crippen LogP contribution in [0, 0.1) is 11.7 Å². The highest BCUT2D eigenvalue weighted by Gasteiger charge is 2.52. The molecule has 7 nitrogen and oxygen atoms in total. The van der Waals surface area contributed by atoms with Crippen LogP contribution in [0.25, 0.3) is 0 Å². The highest BCUT2D eigenvalue weighted by atomic mass is 19.1. The summed E-state index contributed by atoms with van der Waals surface area (Å²) in [6, 6.07) is 4.71. The van der Waals surface area contributed by atoms with E-state index in [0.29, 0.717) is 23.8 Å². The van der Waals surface area contributed by atoms with Crippen molar-refractivity contribution in [2.45, 2.75) is 38.1 Å². The molecule has 1 saturated carbocycles. The van der Waals surface area contributed by atoms with Gasteiger partial charge in [-0.1, -0.05) is 13.0 Å². The number of hydrogen-bond donors (Lipinski definition) is 2. The van der Waals surface area contributed by atoms with E-state index in [-0.39, 0.29) is 5.75 Å². The zero-order valence-corrected chi connectivity index (χ0v) is 13.9. The van der Waals surface area contributed by atoms with Crippen molar-refractivity contribution >= 4 is 17.8 Å². The Labute approximate surface area is 144 Å². The maximum Gasteiger partial charge on any atom is 0.344 e. The number of urea groups is 1. The molecule has 1 aliphatic carbocycles. The third-order valence-corrected chi connectivity index (χ3v) is 4.69. The summed E-state index contributed by atoms with van der Waals surface area (Å²) < 4.78 is 18.2. The molecule has 2 fully saturated rings. The highest BCUT2D eigenvalue weighted by molar-refractivity contribution is 6.08. The summed E-state index contributed by atoms with van der Waals surface area (Å²) in [5.41, 5.74) is 1.34. The van der Waals surface area contributed by atoms with Gasteiger partial charge in [-0.3, -0.25) is 15.0 Å². The third-order valence-electron chi connectivity index (χ3n) is 4.69. The summed E-state index contributed by atoms with van der Waals surface area (Å²) in [5.74, 6) is -0.901. The minimum atomic E-state index is -0.916. The zero-order valence-electron chi connectivity index (χ0n) is 13.9. The second-order valence-electron chi connectivity index (χ2n) is 6.62. The van der Waals surface area contributed by atoms with E-state index in [1.807, 2.05) is 0 Å². The minimum absolute atomic E-state index is 0.185. The number of halogens is 1. The first-order valence-electron chi connectivity index (χ1n) is 8.24. The maximum absolute atomic E-state index is 13.1. The molecule has 1 saturated heterocycles. The van der Waals surface area contributed by atoms with Gasteiger partial charge >= 0.3 is 6.03 Å². The Morgan fingerprint density at radius 3 is 2.80 bits per heavy atom. The number of hydrogen-bond acceptors (Lipinski definition) is 4. The molecule has 1 aromatic carbocycles. The maximum atomic E-state index is 13.1. The number of amides is 4. The molecule has 25 heavy (non-hydrogen) atoms. The lowest BCUT2D eigenvalue weighted by Crippen LogP contribution is -2.52. The van der Waals surface area contributed by atoms with Gasteiger partial charge in [0.15, 0.2) is 6.61 Å². The van der Waals surface area contributed by atoms with Gasteiger partial charge in [-0.15, -0.1) is 0 Å². The lowest BCUT2D eigenvalue weighted by Gasteiger charge is -2.33. The number of imide groups is 1. The van der Waals surface area contributed by atoms with Crippen LogP contribution in [-0.2, 0) is 9.59 Å². The normalized spacial score (nSPS) is 25.8. The molecule has 1 aliphatic heterocycles. The van der Waals surface area contributed by atoms with Crippen molar-refractivity contribution in [1.29, 1.82) is 0 Å². The van der Waals surface area contributed by atoms with E-state index in [9.17, 15) is 18.8 Å². The topological polar surface area (TPSA) is 87.7 Å². The number of carbonyl (C=O) groups is 3. The fourth-order valence-electron chi connectivity index (χ4n) is 3.18. The molecule has 1 spiro atoms. The zero-order chi connectivity index (χ0) is 18.0. The van der Waals surface area contributed by atoms with Crippen LogP contribution >= 0.6 is 0 Å². The molecule has 1 heterocycles. The average Bonchev–Trinajstić information content (AvgIpc) is 2.80. The van der Waals surface area contributed by atoms with Crippen LogP contribution in [0.1, 0.15) is 32.6 Å². The van der Waals surface area contributed by atoms with E-state index in [4.69, 9.17) is 4.74 Å². The first-order chi connectivity index (χ1) is 11.9. The van der Waals surface area contributed by atoms with Gasteiger partial charge in [-0.25, -0.2) is 9.18 Å². The Morgan fingerprint density at radius 1 is 1.40 bits per heavy atom. The largest absolute Gasteiger partial charge is 0.484 e. The molecule has 0 aromatic heterocycles. The van der Waals surface area contributed by atoms with E-state index in [0.717, 1.165) is 18.9 Å². The van der Waals surface area contributed by atoms with Crippen molar-refractivity contribution in [2.24, 2.45) is 5.92 Å². The molecule has 0 unspecified atom stereocenters. The molecular weight excluding hydrogens is 329 g/mol. The van der Waals surface area contributed by atoms with Crippen LogP contribution in [0.4, 0.5) is 9.18 Å². The first-order valence-corrected chi connectivity index (χ1v) is 8.24. The molecule has 1 aromatic rings. The quantitative estimate of drug-likeness (QED) is 0.811. The predicted octanol–water partition coefficient (Wildman–Crippen LogP) is 1.74. The van der Waals surface area contributed by atoms with Crippen molar-refractivity contribution in [3.63, 3.8) is 0 Å². The third kappa shape index (κ3) is 3.57. The van der Waals surface area contributed by atoms with Gasteiger partial charge in [-0.2, -0.15) is 5.01 Å². The molecule has 2 N–H and O–H groups in total. The molecule has 0 bridgehead atoms. The first kappa shape index (κ1) is 17.2. The standard InChI is InChI=1S/C17H20FN3O4/c1-11-5-7-17(8-6-11)15(23)21(16(24)19-17)20-14(22)10-25-13-4-2-3-12(18)9-13/h2-4,9,11H,5-8,10H2,1H3,(H,19,24)(H,20,22). The summed E-state index contributed by atoms with van der Waals surface area (Å²) in [6.07, 6.45) is 2.81. The monoisotopic (exact) mass is 349 g/mol. The number of ether oxygens (including phenoxy) is 1. The van der Waals surface area contributed by atoms with Crippen LogP contribution in [0.2, 0.25) is 0 Å². The summed E-state index contributed by atoms with van der Waals surface area (Å²) in [4.78, 5) is 36.6. The van der Waals surface area contributed by atoms with E-state index in [1.165, 1.54) is 18.2 Å². The van der Waals surface area contributed by atoms with Gasteiger partial charge in [0.2, 0.25) is 0 Å². The fraction of sp³-hybridized carbons (Fsp3) is 0.471. The Bertz CT molecular complexity index is 701. The number of nitrogens with one attached hydrogen (secondary N) is 2. The second-order valence-corrected chi connectivity index (χ2v) is 6.62. The summed E-state index contributed by atoms with van der Waals surface area (Å²) in [5, 5.41) is 3.42. The number of carbonyl (C=O) groups excluding carboxylic acids is 3. The summed E-state index contributed by atoms with van der Waals surface area (Å²) in [7, 11) is 0. The van der Waals surface area contributed by atoms with Gasteiger partial charge in [0.05, 0.1) is 0 Å². The average molecular weight is 349 g/mol. The molecule has 0 atom stereocenters. The Morgan fingerprint density at radius 2 is 2.12 bits per heavy atom. The smallest absolute Gasteiger partial charge is 0.344 e. The number of nitrogens with zero attached hydrogens (tertiary/aromatic N) is 1. The molecule has 3 rings (SSSR count). The van der Waals surface area contributed by atoms with E-state index >= 15 is 0 Å². The molecule has 4 amide bonds. The molecule has 134 valence electrons. The Kier molecular flexibility index (Phi) is 4.61. The van der Waals surface area contributed by atoms with Gasteiger partial charge in [0.25, 0.3) is 11.8 Å². The van der Waals surface area contributed by atoms with E-state index in [2.05, 4.69) is 17.7 Å². The second kappa shape index (κ2) is 6.70. The molecular formula is C17H20FN3O4. The predicted molar refractivity (Wildman–Crippen MR) is 85.8 cm³/mol. The number of hydrazine groups is 1. The van der Waals surface area contributed by atoms with E-state index < -0.39 is 35.8 Å². The number of benzene rings is 1. The Balaban J connectivity index is 1.58. The van der Waals surface area contributed by atoms with Gasteiger partial charge in [0, 0.05) is 6.07 Å². The Hall–Kier alpha value is -2.64. The SMILES string of the molecule is CC1CCC2(CC1)NC(=O)N(NC(=O)COc1cccc(F)c1)C2=O. The lowest BCUT2D eigenvalue weighted by molar-refractivity contribution is -0.140. The molecule has 2 aliphatic rings. The highest BCUT2D eigenvalue weighted by Crippen LogP contribution is 2.35. The van der Waals surface area contributed by atoms with Crippen LogP contribution < -0.4 is 15.5 Å². The number of rotatable bonds is 4. The molecule has 0 radical (unpaired) electrons. The van der Waals surface area contributed by atoms with Crippen molar-refractivity contribution in [3.05, 3.63) is 30.1 Å². The van der Waals surface area contributed by atoms with Crippen LogP contribution in [0.5, 0.6) is 5.75 Å². The van der Waals surface area contributed by atoms with Crippen molar-refractivity contribution in [3.8, 4) is 5.75 Å². The molecule has 8 heteroatoms. The fourth-order valence-corrected chi connectivity index (χ4v) is 3.18. The van der Waals surface area contributed by atoms with Crippen LogP contribution in [0.3, 0.4) is 0 Å². The summed E-state index contributed by atoms with van der Waals surface area (Å²) in [6.45, 7) is 1.67. The van der Waals surface area contributed by atoms with E-state index in [1.54, 1.807) is 0 Å². The van der Waals surface area contributed by atoms with Crippen LogP contribution in [0.15, 0.2) is 24.3 Å². The van der Waals surface area contributed by atoms with Gasteiger partial charge < -0.3 is 10.1 Å². The van der Waals surface area contributed by atoms with Crippen molar-refractivity contribution < 1.29 is 23.5 Å². The van der Waals surface area contributed by atoms with Crippen molar-refractivity contribution in [1.82, 2.24) is 15.8 Å². The minimum Gasteiger partial charge on any atom is -0.484 e. The van der Waals surface area contributed by atoms with Crippen molar-refractivity contribution in [2.75, 3.05) is 6.61 Å². The van der Waals surface area contributed by atoms with Gasteiger partial charge in [-0.05, 0) is 43.7 Å². The van der Waals surface area contributed by atoms with Gasteiger partial charge in [0.1, 0.15) is 17.1 Å².